The molecule has 0 spiro atoms. The van der Waals surface area contributed by atoms with Crippen molar-refractivity contribution in [2.75, 3.05) is 4.90 Å². The van der Waals surface area contributed by atoms with Crippen molar-refractivity contribution in [2.45, 2.75) is 28.6 Å². The molecule has 1 saturated heterocycles. The summed E-state index contributed by atoms with van der Waals surface area (Å²) in [4.78, 5) is 41.6. The second-order valence-electron chi connectivity index (χ2n) is 9.48. The molecule has 2 bridgehead atoms. The van der Waals surface area contributed by atoms with Gasteiger partial charge in [0.1, 0.15) is 0 Å². The Labute approximate surface area is 219 Å². The van der Waals surface area contributed by atoms with Crippen molar-refractivity contribution in [3.05, 3.63) is 101 Å². The van der Waals surface area contributed by atoms with E-state index < -0.39 is 26.5 Å². The van der Waals surface area contributed by atoms with Crippen molar-refractivity contribution in [3.8, 4) is 0 Å². The van der Waals surface area contributed by atoms with E-state index in [1.807, 2.05) is 48.5 Å². The number of anilines is 1. The Kier molecular flexibility index (Phi) is 4.93. The minimum atomic E-state index is -0.830. The number of ether oxygens (including phenoxy) is 1. The van der Waals surface area contributed by atoms with E-state index in [0.717, 1.165) is 22.3 Å². The third-order valence-electron chi connectivity index (χ3n) is 7.29. The summed E-state index contributed by atoms with van der Waals surface area (Å²) in [7, 11) is 0. The summed E-state index contributed by atoms with van der Waals surface area (Å²) in [6.45, 7) is 3.57. The molecule has 5 nitrogen and oxygen atoms in total. The lowest BCUT2D eigenvalue weighted by atomic mass is 9.54. The molecule has 1 aliphatic heterocycles. The zero-order valence-electron chi connectivity index (χ0n) is 19.0. The number of imide groups is 1. The first-order valence-electron chi connectivity index (χ1n) is 11.5. The molecule has 7 heteroatoms. The van der Waals surface area contributed by atoms with Gasteiger partial charge in [0.15, 0.2) is 0 Å². The van der Waals surface area contributed by atoms with Gasteiger partial charge in [-0.15, -0.1) is 0 Å². The highest BCUT2D eigenvalue weighted by Crippen LogP contribution is 2.70. The SMILES string of the molecule is CC(C)OC(=O)c1ccc(N2C(=O)[C@@H]3[C@H](C2=O)C2(Br)c4ccccc4C3(Br)c3ccccc32)cc1. The summed E-state index contributed by atoms with van der Waals surface area (Å²) in [5.41, 5.74) is 4.78. The molecule has 1 fully saturated rings. The van der Waals surface area contributed by atoms with Crippen LogP contribution in [-0.2, 0) is 23.0 Å². The molecule has 4 aliphatic rings. The maximum absolute atomic E-state index is 14.0. The fourth-order valence-corrected chi connectivity index (χ4v) is 8.25. The van der Waals surface area contributed by atoms with Gasteiger partial charge in [0.25, 0.3) is 0 Å². The van der Waals surface area contributed by atoms with E-state index in [2.05, 4.69) is 31.9 Å². The molecule has 7 rings (SSSR count). The number of hydrogen-bond acceptors (Lipinski definition) is 4. The molecule has 3 aromatic rings. The Morgan fingerprint density at radius 3 is 1.54 bits per heavy atom. The summed E-state index contributed by atoms with van der Waals surface area (Å²) in [5.74, 6) is -2.24. The highest BCUT2D eigenvalue weighted by atomic mass is 79.9. The lowest BCUT2D eigenvalue weighted by Crippen LogP contribution is -2.56. The molecule has 2 amide bonds. The Morgan fingerprint density at radius 2 is 1.17 bits per heavy atom. The predicted molar refractivity (Wildman–Crippen MR) is 139 cm³/mol. The van der Waals surface area contributed by atoms with Gasteiger partial charge in [-0.1, -0.05) is 80.4 Å². The van der Waals surface area contributed by atoms with E-state index in [4.69, 9.17) is 4.74 Å². The van der Waals surface area contributed by atoms with Crippen LogP contribution in [0.25, 0.3) is 0 Å². The number of alkyl halides is 2. The Morgan fingerprint density at radius 1 is 0.771 bits per heavy atom. The van der Waals surface area contributed by atoms with Crippen LogP contribution in [0.4, 0.5) is 5.69 Å². The fourth-order valence-electron chi connectivity index (χ4n) is 5.95. The normalized spacial score (nSPS) is 28.1. The van der Waals surface area contributed by atoms with Gasteiger partial charge in [-0.05, 0) is 60.4 Å². The molecule has 0 saturated carbocycles. The van der Waals surface area contributed by atoms with Crippen LogP contribution in [0.2, 0.25) is 0 Å². The number of esters is 1. The summed E-state index contributed by atoms with van der Waals surface area (Å²) in [5, 5.41) is 0. The zero-order chi connectivity index (χ0) is 24.7. The highest BCUT2D eigenvalue weighted by molar-refractivity contribution is 9.10. The summed E-state index contributed by atoms with van der Waals surface area (Å²) in [6, 6.07) is 22.4. The first-order valence-corrected chi connectivity index (χ1v) is 13.1. The van der Waals surface area contributed by atoms with E-state index in [0.29, 0.717) is 11.3 Å². The summed E-state index contributed by atoms with van der Waals surface area (Å²) < 4.78 is 3.60. The molecular formula is C28H21Br2NO4. The predicted octanol–water partition coefficient (Wildman–Crippen LogP) is 5.66. The van der Waals surface area contributed by atoms with E-state index in [1.165, 1.54) is 4.90 Å². The number of hydrogen-bond donors (Lipinski definition) is 0. The summed E-state index contributed by atoms with van der Waals surface area (Å²) >= 11 is 8.00. The number of halogens is 2. The van der Waals surface area contributed by atoms with Gasteiger partial charge in [-0.25, -0.2) is 9.69 Å². The first-order chi connectivity index (χ1) is 16.7. The number of amides is 2. The van der Waals surface area contributed by atoms with Crippen molar-refractivity contribution >= 4 is 55.3 Å². The number of carbonyl (C=O) groups excluding carboxylic acids is 3. The van der Waals surface area contributed by atoms with E-state index in [9.17, 15) is 14.4 Å². The lowest BCUT2D eigenvalue weighted by molar-refractivity contribution is -0.122. The van der Waals surface area contributed by atoms with Gasteiger partial charge in [0, 0.05) is 0 Å². The monoisotopic (exact) mass is 593 g/mol. The van der Waals surface area contributed by atoms with Crippen molar-refractivity contribution in [1.82, 2.24) is 0 Å². The largest absolute Gasteiger partial charge is 0.459 e. The Bertz CT molecular complexity index is 1290. The molecule has 0 radical (unpaired) electrons. The second kappa shape index (κ2) is 7.61. The van der Waals surface area contributed by atoms with Gasteiger partial charge in [-0.2, -0.15) is 0 Å². The van der Waals surface area contributed by atoms with E-state index >= 15 is 0 Å². The number of nitrogens with zero attached hydrogens (tertiary/aromatic N) is 1. The Hall–Kier alpha value is -2.77. The molecule has 1 heterocycles. The third-order valence-corrected chi connectivity index (χ3v) is 9.98. The van der Waals surface area contributed by atoms with Crippen LogP contribution < -0.4 is 4.90 Å². The van der Waals surface area contributed by atoms with Crippen LogP contribution in [-0.4, -0.2) is 23.9 Å². The zero-order valence-corrected chi connectivity index (χ0v) is 22.2. The van der Waals surface area contributed by atoms with Crippen LogP contribution in [0, 0.1) is 11.8 Å². The molecule has 3 aromatic carbocycles. The lowest BCUT2D eigenvalue weighted by Gasteiger charge is -2.55. The van der Waals surface area contributed by atoms with Crippen molar-refractivity contribution in [3.63, 3.8) is 0 Å². The smallest absolute Gasteiger partial charge is 0.338 e. The van der Waals surface area contributed by atoms with Gasteiger partial charge in [0.2, 0.25) is 11.8 Å². The first kappa shape index (κ1) is 22.7. The average Bonchev–Trinajstić information content (AvgIpc) is 3.13. The molecule has 35 heavy (non-hydrogen) atoms. The molecular weight excluding hydrogens is 574 g/mol. The van der Waals surface area contributed by atoms with E-state index in [-0.39, 0.29) is 17.9 Å². The van der Waals surface area contributed by atoms with Gasteiger partial charge < -0.3 is 4.74 Å². The highest BCUT2D eigenvalue weighted by Gasteiger charge is 2.72. The van der Waals surface area contributed by atoms with Gasteiger partial charge in [0.05, 0.1) is 37.8 Å². The average molecular weight is 595 g/mol. The van der Waals surface area contributed by atoms with Gasteiger partial charge >= 0.3 is 5.97 Å². The molecule has 176 valence electrons. The quantitative estimate of drug-likeness (QED) is 0.223. The molecule has 0 aromatic heterocycles. The second-order valence-corrected chi connectivity index (χ2v) is 12.0. The van der Waals surface area contributed by atoms with Crippen molar-refractivity contribution in [2.24, 2.45) is 11.8 Å². The standard InChI is InChI=1S/C28H21Br2NO4/c1-15(2)35-26(34)16-11-13-17(14-12-16)31-24(32)22-23(25(31)33)28(30)19-8-4-3-7-18(19)27(22,29)20-9-5-6-10-21(20)28/h3-15,22-23H,1-2H3/t22-,23+,27?,28?. The van der Waals surface area contributed by atoms with Crippen LogP contribution in [0.5, 0.6) is 0 Å². The number of carbonyl (C=O) groups is 3. The summed E-state index contributed by atoms with van der Waals surface area (Å²) in [6.07, 6.45) is -0.240. The van der Waals surface area contributed by atoms with Crippen molar-refractivity contribution in [1.29, 1.82) is 0 Å². The topological polar surface area (TPSA) is 63.7 Å². The number of benzene rings is 3. The van der Waals surface area contributed by atoms with Crippen LogP contribution in [0.3, 0.4) is 0 Å². The molecule has 2 atom stereocenters. The van der Waals surface area contributed by atoms with Crippen LogP contribution in [0.1, 0.15) is 46.5 Å². The number of rotatable bonds is 3. The third kappa shape index (κ3) is 2.82. The molecule has 3 aliphatic carbocycles. The minimum absolute atomic E-state index is 0.240. The van der Waals surface area contributed by atoms with Gasteiger partial charge in [-0.3, -0.25) is 9.59 Å². The fraction of sp³-hybridized carbons (Fsp3) is 0.250. The molecule has 0 N–H and O–H groups in total. The van der Waals surface area contributed by atoms with E-state index in [1.54, 1.807) is 38.1 Å². The maximum Gasteiger partial charge on any atom is 0.338 e. The van der Waals surface area contributed by atoms with Crippen molar-refractivity contribution < 1.29 is 19.1 Å². The maximum atomic E-state index is 14.0. The minimum Gasteiger partial charge on any atom is -0.459 e. The molecule has 0 unspecified atom stereocenters. The Balaban J connectivity index is 1.49. The van der Waals surface area contributed by atoms with Crippen LogP contribution >= 0.6 is 31.9 Å². The van der Waals surface area contributed by atoms with Crippen LogP contribution in [0.15, 0.2) is 72.8 Å².